The van der Waals surface area contributed by atoms with Crippen molar-refractivity contribution < 1.29 is 48.1 Å². The Labute approximate surface area is 231 Å². The van der Waals surface area contributed by atoms with Gasteiger partial charge in [0.05, 0.1) is 30.7 Å². The van der Waals surface area contributed by atoms with Crippen LogP contribution in [0.2, 0.25) is 0 Å². The van der Waals surface area contributed by atoms with Crippen molar-refractivity contribution in [3.8, 4) is 0 Å². The van der Waals surface area contributed by atoms with Crippen molar-refractivity contribution in [1.29, 1.82) is 0 Å². The van der Waals surface area contributed by atoms with Crippen molar-refractivity contribution in [3.63, 3.8) is 0 Å². The smallest absolute Gasteiger partial charge is 0.406 e. The molecule has 0 aromatic rings. The van der Waals surface area contributed by atoms with Crippen LogP contribution < -0.4 is 10.4 Å². The average molecular weight is 600 g/mol. The van der Waals surface area contributed by atoms with E-state index >= 15 is 0 Å². The molecule has 16 heteroatoms. The molecule has 2 aliphatic heterocycles. The van der Waals surface area contributed by atoms with E-state index in [0.717, 1.165) is 23.5 Å². The van der Waals surface area contributed by atoms with Crippen molar-refractivity contribution >= 4 is 48.3 Å². The predicted molar refractivity (Wildman–Crippen MR) is 143 cm³/mol. The van der Waals surface area contributed by atoms with E-state index in [1.807, 2.05) is 0 Å². The highest BCUT2D eigenvalue weighted by atomic mass is 32.2. The van der Waals surface area contributed by atoms with Gasteiger partial charge in [-0.1, -0.05) is 32.5 Å². The summed E-state index contributed by atoms with van der Waals surface area (Å²) < 4.78 is 29.7. The molecular weight excluding hydrogens is 561 g/mol. The Balaban J connectivity index is 2.06. The molecule has 0 spiro atoms. The predicted octanol–water partition coefficient (Wildman–Crippen LogP) is 0.748. The molecule has 0 saturated carbocycles. The first kappa shape index (κ1) is 33.0. The summed E-state index contributed by atoms with van der Waals surface area (Å²) in [6, 6.07) is -1.07. The van der Waals surface area contributed by atoms with Crippen LogP contribution in [0.5, 0.6) is 0 Å². The molecule has 2 unspecified atom stereocenters. The lowest BCUT2D eigenvalue weighted by molar-refractivity contribution is -0.149. The van der Waals surface area contributed by atoms with Crippen molar-refractivity contribution in [2.75, 3.05) is 19.0 Å². The number of nitrogens with zero attached hydrogens (tertiary/aromatic N) is 1. The van der Waals surface area contributed by atoms with Crippen LogP contribution in [0.1, 0.15) is 41.5 Å². The first-order valence-electron chi connectivity index (χ1n) is 12.0. The third-order valence-electron chi connectivity index (χ3n) is 5.24. The second kappa shape index (κ2) is 14.0. The Morgan fingerprint density at radius 1 is 1.21 bits per heavy atom. The molecule has 38 heavy (non-hydrogen) atoms. The van der Waals surface area contributed by atoms with Crippen LogP contribution in [0, 0.1) is 5.41 Å². The number of esters is 1. The topological polar surface area (TPSA) is 184 Å². The summed E-state index contributed by atoms with van der Waals surface area (Å²) in [5.41, 5.74) is -0.564. The van der Waals surface area contributed by atoms with E-state index in [4.69, 9.17) is 13.8 Å². The van der Waals surface area contributed by atoms with Crippen molar-refractivity contribution in [2.45, 2.75) is 82.9 Å². The molecule has 218 valence electrons. The highest BCUT2D eigenvalue weighted by Gasteiger charge is 2.47. The molecule has 2 rings (SSSR count). The van der Waals surface area contributed by atoms with E-state index in [2.05, 4.69) is 10.4 Å². The number of amides is 1. The van der Waals surface area contributed by atoms with E-state index in [1.165, 1.54) is 24.1 Å². The zero-order chi connectivity index (χ0) is 28.8. The lowest BCUT2D eigenvalue weighted by Gasteiger charge is -2.35. The maximum atomic E-state index is 13.6. The number of aliphatic hydroxyl groups is 3. The highest BCUT2D eigenvalue weighted by Crippen LogP contribution is 2.47. The second-order valence-corrected chi connectivity index (χ2v) is 14.2. The molecule has 0 aliphatic carbocycles. The minimum absolute atomic E-state index is 0.0747. The second-order valence-electron chi connectivity index (χ2n) is 10.0. The summed E-state index contributed by atoms with van der Waals surface area (Å²) in [7, 11) is -4.16. The van der Waals surface area contributed by atoms with Crippen molar-refractivity contribution in [1.82, 2.24) is 15.3 Å². The Hall–Kier alpha value is -1.16. The maximum absolute atomic E-state index is 13.6. The summed E-state index contributed by atoms with van der Waals surface area (Å²) in [6.07, 6.45) is -2.02. The number of nitrogens with one attached hydrogen (secondary N) is 2. The molecule has 1 fully saturated rings. The van der Waals surface area contributed by atoms with Gasteiger partial charge in [-0.3, -0.25) is 23.4 Å². The summed E-state index contributed by atoms with van der Waals surface area (Å²) in [5, 5.41) is 34.3. The van der Waals surface area contributed by atoms with Gasteiger partial charge in [-0.25, -0.2) is 9.65 Å². The number of ether oxygens (including phenoxy) is 1. The van der Waals surface area contributed by atoms with Gasteiger partial charge < -0.3 is 30.3 Å². The molecule has 2 heterocycles. The van der Waals surface area contributed by atoms with Crippen LogP contribution in [-0.4, -0.2) is 97.5 Å². The number of carbonyl (C=O) groups is 3. The Kier molecular flexibility index (Phi) is 12.1. The standard InChI is InChI=1S/C22H38N3O10PS2/c1-12(2)35-19(29)13(3)24-36(32,33-9-10-37-20(30)22(4,5)6)34-11-14-16(27)17(28)18(38-14)25-8-7-15(26)23-21(25)31/h7-8,12-14,16-18,21,27-28,31H,9-11H2,1-6H3,(H,23,26)(H,24,32)/t13-,14-,16-,17-,18-,21?,36?/m1/s1. The van der Waals surface area contributed by atoms with Crippen LogP contribution in [0.3, 0.4) is 0 Å². The zero-order valence-electron chi connectivity index (χ0n) is 22.2. The molecule has 1 saturated heterocycles. The normalized spacial score (nSPS) is 28.2. The number of hydrogen-bond donors (Lipinski definition) is 5. The minimum atomic E-state index is -4.16. The fourth-order valence-electron chi connectivity index (χ4n) is 3.24. The van der Waals surface area contributed by atoms with Gasteiger partial charge in [-0.15, -0.1) is 11.8 Å². The van der Waals surface area contributed by atoms with Crippen molar-refractivity contribution in [2.24, 2.45) is 5.41 Å². The summed E-state index contributed by atoms with van der Waals surface area (Å²) >= 11 is 2.06. The summed E-state index contributed by atoms with van der Waals surface area (Å²) in [4.78, 5) is 37.1. The number of carbonyl (C=O) groups excluding carboxylic acids is 3. The molecule has 5 N–H and O–H groups in total. The first-order chi connectivity index (χ1) is 17.5. The van der Waals surface area contributed by atoms with Gasteiger partial charge in [-0.05, 0) is 20.8 Å². The van der Waals surface area contributed by atoms with E-state index < -0.39 is 66.4 Å². The van der Waals surface area contributed by atoms with Gasteiger partial charge >= 0.3 is 13.7 Å². The third-order valence-corrected chi connectivity index (χ3v) is 9.76. The Morgan fingerprint density at radius 2 is 1.87 bits per heavy atom. The molecule has 0 aromatic heterocycles. The molecule has 7 atom stereocenters. The van der Waals surface area contributed by atoms with Crippen LogP contribution in [-0.2, 0) is 32.7 Å². The first-order valence-corrected chi connectivity index (χ1v) is 15.5. The molecule has 2 aliphatic rings. The summed E-state index contributed by atoms with van der Waals surface area (Å²) in [6.45, 7) is 9.60. The van der Waals surface area contributed by atoms with Gasteiger partial charge in [0, 0.05) is 23.4 Å². The fraction of sp³-hybridized carbons (Fsp3) is 0.773. The van der Waals surface area contributed by atoms with E-state index in [9.17, 15) is 34.3 Å². The van der Waals surface area contributed by atoms with Gasteiger partial charge in [0.25, 0.3) is 0 Å². The van der Waals surface area contributed by atoms with Crippen molar-refractivity contribution in [3.05, 3.63) is 12.3 Å². The highest BCUT2D eigenvalue weighted by molar-refractivity contribution is 8.13. The molecule has 0 aromatic carbocycles. The quantitative estimate of drug-likeness (QED) is 0.120. The van der Waals surface area contributed by atoms with Gasteiger partial charge in [0.2, 0.25) is 12.3 Å². The number of aliphatic hydroxyl groups excluding tert-OH is 3. The van der Waals surface area contributed by atoms with Gasteiger partial charge in [0.15, 0.2) is 5.12 Å². The van der Waals surface area contributed by atoms with Gasteiger partial charge in [-0.2, -0.15) is 0 Å². The SMILES string of the molecule is CC(C)OC(=O)[C@@H](C)NP(=O)(OCCSC(=O)C(C)(C)C)OC[C@H]1S[C@@H](N2C=CC(=O)NC2O)[C@H](O)[C@@H]1O. The zero-order valence-corrected chi connectivity index (χ0v) is 24.8. The monoisotopic (exact) mass is 599 g/mol. The molecular formula is C22H38N3O10PS2. The molecule has 0 bridgehead atoms. The number of thioether (sulfide) groups is 2. The van der Waals surface area contributed by atoms with E-state index in [0.29, 0.717) is 0 Å². The van der Waals surface area contributed by atoms with E-state index in [-0.39, 0.29) is 24.1 Å². The van der Waals surface area contributed by atoms with Crippen LogP contribution in [0.25, 0.3) is 0 Å². The van der Waals surface area contributed by atoms with Crippen LogP contribution in [0.4, 0.5) is 0 Å². The maximum Gasteiger partial charge on any atom is 0.406 e. The Bertz CT molecular complexity index is 932. The largest absolute Gasteiger partial charge is 0.462 e. The number of rotatable bonds is 12. The average Bonchev–Trinajstić information content (AvgIpc) is 3.08. The lowest BCUT2D eigenvalue weighted by Crippen LogP contribution is -2.54. The summed E-state index contributed by atoms with van der Waals surface area (Å²) in [5.74, 6) is -1.01. The molecule has 1 amide bonds. The van der Waals surface area contributed by atoms with E-state index in [1.54, 1.807) is 34.6 Å². The molecule has 13 nitrogen and oxygen atoms in total. The minimum Gasteiger partial charge on any atom is -0.462 e. The fourth-order valence-corrected chi connectivity index (χ4v) is 7.21. The Morgan fingerprint density at radius 3 is 2.45 bits per heavy atom. The van der Waals surface area contributed by atoms with Crippen LogP contribution in [0.15, 0.2) is 12.3 Å². The third kappa shape index (κ3) is 9.49. The molecule has 0 radical (unpaired) electrons. The van der Waals surface area contributed by atoms with Gasteiger partial charge in [0.1, 0.15) is 17.5 Å². The lowest BCUT2D eigenvalue weighted by atomic mass is 10.00. The van der Waals surface area contributed by atoms with Crippen LogP contribution >= 0.6 is 31.3 Å². The number of hydrogen-bond acceptors (Lipinski definition) is 13.